The first-order valence-corrected chi connectivity index (χ1v) is 7.86. The van der Waals surface area contributed by atoms with Gasteiger partial charge in [0.25, 0.3) is 0 Å². The second kappa shape index (κ2) is 6.46. The smallest absolute Gasteiger partial charge is 0.226 e. The number of ether oxygens (including phenoxy) is 2. The lowest BCUT2D eigenvalue weighted by Crippen LogP contribution is -2.40. The summed E-state index contributed by atoms with van der Waals surface area (Å²) in [6, 6.07) is 0. The third-order valence-electron chi connectivity index (χ3n) is 4.19. The maximum atomic E-state index is 12.0. The van der Waals surface area contributed by atoms with Crippen molar-refractivity contribution in [2.45, 2.75) is 65.0 Å². The molecule has 1 N–H and O–H groups in total. The van der Waals surface area contributed by atoms with Gasteiger partial charge in [-0.15, -0.1) is 0 Å². The number of hydrogen-bond acceptors (Lipinski definition) is 4. The highest BCUT2D eigenvalue weighted by Gasteiger charge is 2.40. The van der Waals surface area contributed by atoms with Crippen LogP contribution in [0.3, 0.4) is 0 Å². The Morgan fingerprint density at radius 1 is 1.57 bits per heavy atom. The lowest BCUT2D eigenvalue weighted by Gasteiger charge is -2.31. The van der Waals surface area contributed by atoms with E-state index in [1.807, 2.05) is 38.7 Å². The first kappa shape index (κ1) is 16.5. The van der Waals surface area contributed by atoms with Gasteiger partial charge in [-0.2, -0.15) is 0 Å². The Morgan fingerprint density at radius 3 is 2.76 bits per heavy atom. The number of carbonyl (C=O) groups is 1. The van der Waals surface area contributed by atoms with Gasteiger partial charge in [-0.05, 0) is 26.7 Å². The number of amides is 1. The van der Waals surface area contributed by atoms with Gasteiger partial charge in [0.05, 0.1) is 12.7 Å². The molecule has 2 rings (SSSR count). The second-order valence-corrected chi connectivity index (χ2v) is 6.33. The third kappa shape index (κ3) is 3.65. The molecule has 21 heavy (non-hydrogen) atoms. The van der Waals surface area contributed by atoms with Crippen molar-refractivity contribution in [2.75, 3.05) is 13.2 Å². The average Bonchev–Trinajstić information content (AvgIpc) is 3.00. The zero-order chi connectivity index (χ0) is 15.6. The van der Waals surface area contributed by atoms with Crippen LogP contribution in [0.4, 0.5) is 0 Å². The summed E-state index contributed by atoms with van der Waals surface area (Å²) in [5.74, 6) is -0.657. The fourth-order valence-corrected chi connectivity index (χ4v) is 3.05. The normalized spacial score (nSPS) is 29.0. The van der Waals surface area contributed by atoms with Crippen molar-refractivity contribution in [3.8, 4) is 0 Å². The van der Waals surface area contributed by atoms with Crippen molar-refractivity contribution in [3.05, 3.63) is 11.8 Å². The number of carbonyl (C=O) groups excluding carboxylic acids is 1. The molecule has 0 aromatic carbocycles. The Kier molecular flexibility index (Phi) is 5.07. The van der Waals surface area contributed by atoms with Gasteiger partial charge in [-0.3, -0.25) is 4.79 Å². The van der Waals surface area contributed by atoms with Crippen LogP contribution >= 0.6 is 0 Å². The topological polar surface area (TPSA) is 59.0 Å². The molecule has 5 nitrogen and oxygen atoms in total. The molecule has 1 amide bonds. The van der Waals surface area contributed by atoms with Gasteiger partial charge in [-0.25, -0.2) is 0 Å². The summed E-state index contributed by atoms with van der Waals surface area (Å²) in [6.07, 6.45) is 3.33. The summed E-state index contributed by atoms with van der Waals surface area (Å²) >= 11 is 0. The Morgan fingerprint density at radius 2 is 2.29 bits per heavy atom. The highest BCUT2D eigenvalue weighted by Crippen LogP contribution is 2.31. The molecule has 0 bridgehead atoms. The van der Waals surface area contributed by atoms with E-state index in [0.29, 0.717) is 13.0 Å². The van der Waals surface area contributed by atoms with Crippen LogP contribution in [0.25, 0.3) is 0 Å². The zero-order valence-corrected chi connectivity index (χ0v) is 13.5. The molecular formula is C16H27NO4. The minimum Gasteiger partial charge on any atom is -0.390 e. The van der Waals surface area contributed by atoms with Gasteiger partial charge >= 0.3 is 0 Å². The average molecular weight is 297 g/mol. The van der Waals surface area contributed by atoms with Crippen molar-refractivity contribution < 1.29 is 19.4 Å². The second-order valence-electron chi connectivity index (χ2n) is 6.33. The Hall–Kier alpha value is -0.910. The van der Waals surface area contributed by atoms with Crippen LogP contribution in [0.15, 0.2) is 11.8 Å². The van der Waals surface area contributed by atoms with Gasteiger partial charge < -0.3 is 19.5 Å². The van der Waals surface area contributed by atoms with E-state index >= 15 is 0 Å². The van der Waals surface area contributed by atoms with Gasteiger partial charge in [0.1, 0.15) is 6.10 Å². The highest BCUT2D eigenvalue weighted by atomic mass is 16.7. The number of allylic oxidation sites excluding steroid dienone is 1. The van der Waals surface area contributed by atoms with E-state index in [1.54, 1.807) is 0 Å². The number of hydrogen-bond donors (Lipinski definition) is 1. The molecule has 120 valence electrons. The Bertz CT molecular complexity index is 419. The predicted octanol–water partition coefficient (Wildman–Crippen LogP) is 2.05. The molecule has 0 aromatic heterocycles. The van der Waals surface area contributed by atoms with Crippen LogP contribution in [0.5, 0.6) is 0 Å². The maximum absolute atomic E-state index is 12.0. The van der Waals surface area contributed by atoms with Gasteiger partial charge in [-0.1, -0.05) is 19.9 Å². The monoisotopic (exact) mass is 297 g/mol. The number of rotatable bonds is 5. The molecule has 2 saturated heterocycles. The first-order chi connectivity index (χ1) is 9.85. The molecule has 3 atom stereocenters. The van der Waals surface area contributed by atoms with Crippen molar-refractivity contribution >= 4 is 5.91 Å². The van der Waals surface area contributed by atoms with E-state index in [1.165, 1.54) is 0 Å². The third-order valence-corrected chi connectivity index (χ3v) is 4.19. The summed E-state index contributed by atoms with van der Waals surface area (Å²) in [6.45, 7) is 8.81. The van der Waals surface area contributed by atoms with E-state index in [-0.39, 0.29) is 17.9 Å². The summed E-state index contributed by atoms with van der Waals surface area (Å²) in [7, 11) is 0. The van der Waals surface area contributed by atoms with Crippen LogP contribution in [-0.2, 0) is 14.3 Å². The molecule has 0 aliphatic carbocycles. The fourth-order valence-electron chi connectivity index (χ4n) is 3.05. The Balaban J connectivity index is 2.09. The quantitative estimate of drug-likeness (QED) is 0.844. The van der Waals surface area contributed by atoms with Crippen molar-refractivity contribution in [3.63, 3.8) is 0 Å². The molecule has 2 fully saturated rings. The van der Waals surface area contributed by atoms with Crippen LogP contribution < -0.4 is 0 Å². The summed E-state index contributed by atoms with van der Waals surface area (Å²) in [4.78, 5) is 13.8. The van der Waals surface area contributed by atoms with Crippen LogP contribution in [-0.4, -0.2) is 47.1 Å². The number of nitrogens with zero attached hydrogens (tertiary/aromatic N) is 1. The predicted molar refractivity (Wildman–Crippen MR) is 79.4 cm³/mol. The number of aliphatic hydroxyl groups is 1. The molecule has 0 spiro atoms. The molecule has 2 aliphatic heterocycles. The maximum Gasteiger partial charge on any atom is 0.226 e. The van der Waals surface area contributed by atoms with Crippen LogP contribution in [0.2, 0.25) is 0 Å². The van der Waals surface area contributed by atoms with Gasteiger partial charge in [0.15, 0.2) is 5.79 Å². The van der Waals surface area contributed by atoms with E-state index in [4.69, 9.17) is 9.47 Å². The number of aliphatic hydroxyl groups excluding tert-OH is 1. The Labute approximate surface area is 126 Å². The van der Waals surface area contributed by atoms with E-state index in [9.17, 15) is 9.90 Å². The molecule has 5 heteroatoms. The number of likely N-dealkylation sites (tertiary alicyclic amines) is 1. The van der Waals surface area contributed by atoms with Gasteiger partial charge in [0, 0.05) is 24.6 Å². The molecule has 2 heterocycles. The van der Waals surface area contributed by atoms with Crippen LogP contribution in [0, 0.1) is 5.92 Å². The minimum atomic E-state index is -0.682. The summed E-state index contributed by atoms with van der Waals surface area (Å²) in [5, 5.41) is 10.6. The minimum absolute atomic E-state index is 0.151. The van der Waals surface area contributed by atoms with Crippen molar-refractivity contribution in [2.24, 2.45) is 5.92 Å². The lowest BCUT2D eigenvalue weighted by atomic mass is 9.95. The fraction of sp³-hybridized carbons (Fsp3) is 0.812. The molecular weight excluding hydrogens is 270 g/mol. The van der Waals surface area contributed by atoms with E-state index in [2.05, 4.69) is 0 Å². The SMILES string of the molecule is CC/C=C(/C(C)C(O)C1COC(C)(C)O1)N1CCCC1=O. The van der Waals surface area contributed by atoms with E-state index < -0.39 is 11.9 Å². The largest absolute Gasteiger partial charge is 0.390 e. The summed E-state index contributed by atoms with van der Waals surface area (Å²) in [5.41, 5.74) is 0.917. The highest BCUT2D eigenvalue weighted by molar-refractivity contribution is 5.80. The van der Waals surface area contributed by atoms with Crippen molar-refractivity contribution in [1.82, 2.24) is 4.90 Å². The standard InChI is InChI=1S/C16H27NO4/c1-5-7-12(17-9-6-8-14(17)18)11(2)15(19)13-10-20-16(3,4)21-13/h7,11,13,15,19H,5-6,8-10H2,1-4H3/b12-7-. The molecule has 3 unspecified atom stereocenters. The van der Waals surface area contributed by atoms with Gasteiger partial charge in [0.2, 0.25) is 5.91 Å². The summed E-state index contributed by atoms with van der Waals surface area (Å²) < 4.78 is 11.3. The zero-order valence-electron chi connectivity index (χ0n) is 13.5. The molecule has 0 aromatic rings. The lowest BCUT2D eigenvalue weighted by molar-refractivity contribution is -0.154. The van der Waals surface area contributed by atoms with Crippen LogP contribution in [0.1, 0.15) is 47.0 Å². The van der Waals surface area contributed by atoms with E-state index in [0.717, 1.165) is 25.1 Å². The molecule has 0 radical (unpaired) electrons. The molecule has 0 saturated carbocycles. The first-order valence-electron chi connectivity index (χ1n) is 7.86. The van der Waals surface area contributed by atoms with Crippen molar-refractivity contribution in [1.29, 1.82) is 0 Å². The molecule has 2 aliphatic rings.